The van der Waals surface area contributed by atoms with Crippen molar-refractivity contribution >= 4 is 23.6 Å². The molecule has 4 N–H and O–H groups in total. The van der Waals surface area contributed by atoms with Crippen LogP contribution in [-0.4, -0.2) is 47.2 Å². The molecule has 8 heteroatoms. The number of piperidine rings is 1. The van der Waals surface area contributed by atoms with Gasteiger partial charge in [-0.3, -0.25) is 29.4 Å². The van der Waals surface area contributed by atoms with Gasteiger partial charge in [0.1, 0.15) is 6.04 Å². The van der Waals surface area contributed by atoms with Crippen molar-refractivity contribution in [3.63, 3.8) is 0 Å². The Morgan fingerprint density at radius 3 is 2.71 bits per heavy atom. The quantitative estimate of drug-likeness (QED) is 0.446. The summed E-state index contributed by atoms with van der Waals surface area (Å²) in [6.07, 6.45) is 3.24. The lowest BCUT2D eigenvalue weighted by atomic mass is 10.0. The molecule has 1 aromatic rings. The first-order chi connectivity index (χ1) is 13.4. The summed E-state index contributed by atoms with van der Waals surface area (Å²) in [6.45, 7) is 3.20. The van der Waals surface area contributed by atoms with Crippen molar-refractivity contribution in [3.05, 3.63) is 34.9 Å². The van der Waals surface area contributed by atoms with Crippen LogP contribution in [0.5, 0.6) is 0 Å². The number of nitrogens with zero attached hydrogens (tertiary/aromatic N) is 1. The summed E-state index contributed by atoms with van der Waals surface area (Å²) in [5.41, 5.74) is 6.91. The number of carbonyl (C=O) groups excluding carboxylic acids is 4. The van der Waals surface area contributed by atoms with E-state index >= 15 is 0 Å². The van der Waals surface area contributed by atoms with E-state index in [0.29, 0.717) is 24.2 Å². The summed E-state index contributed by atoms with van der Waals surface area (Å²) in [7, 11) is 0. The molecule has 2 heterocycles. The van der Waals surface area contributed by atoms with Gasteiger partial charge < -0.3 is 11.1 Å². The summed E-state index contributed by atoms with van der Waals surface area (Å²) in [5, 5.41) is 5.59. The average molecular weight is 386 g/mol. The standard InChI is InChI=1S/C20H26N4O4/c1-12(5-2-3-10-21)22-11-13-6-4-7-14-17(13)20(28)24(19(14)27)15-8-9-16(25)23-18(15)26/h4,6-7,12,15,22H,2-3,5,8-11,21H2,1H3,(H,23,25,26). The lowest BCUT2D eigenvalue weighted by molar-refractivity contribution is -0.136. The van der Waals surface area contributed by atoms with Gasteiger partial charge >= 0.3 is 0 Å². The predicted molar refractivity (Wildman–Crippen MR) is 102 cm³/mol. The fraction of sp³-hybridized carbons (Fsp3) is 0.500. The average Bonchev–Trinajstić information content (AvgIpc) is 2.92. The Kier molecular flexibility index (Phi) is 6.21. The van der Waals surface area contributed by atoms with Crippen LogP contribution in [0.3, 0.4) is 0 Å². The maximum absolute atomic E-state index is 13.0. The zero-order chi connectivity index (χ0) is 20.3. The van der Waals surface area contributed by atoms with Crippen LogP contribution in [0, 0.1) is 0 Å². The van der Waals surface area contributed by atoms with Crippen molar-refractivity contribution in [2.45, 2.75) is 57.7 Å². The van der Waals surface area contributed by atoms with Crippen LogP contribution < -0.4 is 16.4 Å². The number of hydrogen-bond acceptors (Lipinski definition) is 6. The summed E-state index contributed by atoms with van der Waals surface area (Å²) >= 11 is 0. The van der Waals surface area contributed by atoms with E-state index in [0.717, 1.165) is 29.7 Å². The van der Waals surface area contributed by atoms with Crippen molar-refractivity contribution in [1.29, 1.82) is 0 Å². The van der Waals surface area contributed by atoms with E-state index in [2.05, 4.69) is 17.6 Å². The predicted octanol–water partition coefficient (Wildman–Crippen LogP) is 0.695. The highest BCUT2D eigenvalue weighted by Gasteiger charge is 2.45. The van der Waals surface area contributed by atoms with E-state index in [9.17, 15) is 19.2 Å². The van der Waals surface area contributed by atoms with Crippen LogP contribution in [0.4, 0.5) is 0 Å². The van der Waals surface area contributed by atoms with Gasteiger partial charge in [-0.15, -0.1) is 0 Å². The Hall–Kier alpha value is -2.58. The fourth-order valence-electron chi connectivity index (χ4n) is 3.71. The van der Waals surface area contributed by atoms with Gasteiger partial charge in [-0.2, -0.15) is 0 Å². The van der Waals surface area contributed by atoms with Crippen LogP contribution in [0.1, 0.15) is 65.3 Å². The molecule has 0 radical (unpaired) electrons. The monoisotopic (exact) mass is 386 g/mol. The second-order valence-corrected chi connectivity index (χ2v) is 7.35. The summed E-state index contributed by atoms with van der Waals surface area (Å²) in [5.74, 6) is -1.93. The first-order valence-corrected chi connectivity index (χ1v) is 9.71. The number of amides is 4. The van der Waals surface area contributed by atoms with E-state index in [1.165, 1.54) is 0 Å². The maximum atomic E-state index is 13.0. The fourth-order valence-corrected chi connectivity index (χ4v) is 3.71. The molecule has 0 spiro atoms. The first kappa shape index (κ1) is 20.2. The smallest absolute Gasteiger partial charge is 0.262 e. The number of hydrogen-bond donors (Lipinski definition) is 3. The molecule has 150 valence electrons. The molecule has 0 saturated carbocycles. The molecule has 3 rings (SSSR count). The maximum Gasteiger partial charge on any atom is 0.262 e. The molecule has 0 aliphatic carbocycles. The summed E-state index contributed by atoms with van der Waals surface area (Å²) < 4.78 is 0. The van der Waals surface area contributed by atoms with Crippen molar-refractivity contribution < 1.29 is 19.2 Å². The lowest BCUT2D eigenvalue weighted by Crippen LogP contribution is -2.54. The van der Waals surface area contributed by atoms with Gasteiger partial charge in [-0.05, 0) is 44.4 Å². The Balaban J connectivity index is 1.75. The van der Waals surface area contributed by atoms with E-state index in [1.54, 1.807) is 12.1 Å². The van der Waals surface area contributed by atoms with Crippen LogP contribution in [-0.2, 0) is 16.1 Å². The van der Waals surface area contributed by atoms with Gasteiger partial charge in [0.2, 0.25) is 11.8 Å². The van der Waals surface area contributed by atoms with Crippen LogP contribution in [0.15, 0.2) is 18.2 Å². The topological polar surface area (TPSA) is 122 Å². The summed E-state index contributed by atoms with van der Waals surface area (Å²) in [6, 6.07) is 4.48. The number of rotatable bonds is 8. The van der Waals surface area contributed by atoms with Crippen LogP contribution >= 0.6 is 0 Å². The van der Waals surface area contributed by atoms with E-state index in [-0.39, 0.29) is 24.8 Å². The number of fused-ring (bicyclic) bond motifs is 1. The molecule has 0 aromatic heterocycles. The SMILES string of the molecule is CC(CCCCN)NCc1cccc2c1C(=O)N(C1CCC(=O)NC1=O)C2=O. The molecule has 1 aromatic carbocycles. The molecule has 2 unspecified atom stereocenters. The highest BCUT2D eigenvalue weighted by atomic mass is 16.2. The highest BCUT2D eigenvalue weighted by molar-refractivity contribution is 6.24. The van der Waals surface area contributed by atoms with Crippen molar-refractivity contribution in [2.24, 2.45) is 5.73 Å². The van der Waals surface area contributed by atoms with E-state index in [4.69, 9.17) is 5.73 Å². The Bertz CT molecular complexity index is 807. The van der Waals surface area contributed by atoms with Crippen molar-refractivity contribution in [1.82, 2.24) is 15.5 Å². The lowest BCUT2D eigenvalue weighted by Gasteiger charge is -2.27. The summed E-state index contributed by atoms with van der Waals surface area (Å²) in [4.78, 5) is 50.4. The van der Waals surface area contributed by atoms with E-state index < -0.39 is 23.8 Å². The molecule has 0 bridgehead atoms. The molecular weight excluding hydrogens is 360 g/mol. The minimum atomic E-state index is -0.943. The van der Waals surface area contributed by atoms with Gasteiger partial charge in [0.25, 0.3) is 11.8 Å². The van der Waals surface area contributed by atoms with Crippen molar-refractivity contribution in [3.8, 4) is 0 Å². The minimum Gasteiger partial charge on any atom is -0.330 e. The molecule has 28 heavy (non-hydrogen) atoms. The zero-order valence-electron chi connectivity index (χ0n) is 16.0. The Morgan fingerprint density at radius 1 is 1.21 bits per heavy atom. The molecule has 2 aliphatic heterocycles. The molecule has 2 aliphatic rings. The van der Waals surface area contributed by atoms with Gasteiger partial charge in [0.15, 0.2) is 0 Å². The van der Waals surface area contributed by atoms with E-state index in [1.807, 2.05) is 6.07 Å². The largest absolute Gasteiger partial charge is 0.330 e. The Morgan fingerprint density at radius 2 is 2.00 bits per heavy atom. The highest BCUT2D eigenvalue weighted by Crippen LogP contribution is 2.30. The normalized spacial score (nSPS) is 20.4. The second-order valence-electron chi connectivity index (χ2n) is 7.35. The number of imide groups is 2. The van der Waals surface area contributed by atoms with Gasteiger partial charge in [0, 0.05) is 19.0 Å². The van der Waals surface area contributed by atoms with Gasteiger partial charge in [-0.25, -0.2) is 0 Å². The molecule has 1 saturated heterocycles. The third kappa shape index (κ3) is 3.98. The second kappa shape index (κ2) is 8.62. The van der Waals surface area contributed by atoms with Crippen LogP contribution in [0.2, 0.25) is 0 Å². The number of nitrogens with one attached hydrogen (secondary N) is 2. The molecular formula is C20H26N4O4. The molecule has 2 atom stereocenters. The zero-order valence-corrected chi connectivity index (χ0v) is 16.0. The van der Waals surface area contributed by atoms with Crippen molar-refractivity contribution in [2.75, 3.05) is 6.54 Å². The van der Waals surface area contributed by atoms with Gasteiger partial charge in [-0.1, -0.05) is 18.6 Å². The molecule has 4 amide bonds. The number of nitrogens with two attached hydrogens (primary N) is 1. The third-order valence-electron chi connectivity index (χ3n) is 5.29. The number of unbranched alkanes of at least 4 members (excludes halogenated alkanes) is 1. The molecule has 1 fully saturated rings. The first-order valence-electron chi connectivity index (χ1n) is 9.71. The third-order valence-corrected chi connectivity index (χ3v) is 5.29. The minimum absolute atomic E-state index is 0.110. The Labute approximate surface area is 163 Å². The van der Waals surface area contributed by atoms with Crippen LogP contribution in [0.25, 0.3) is 0 Å². The molecule has 8 nitrogen and oxygen atoms in total. The number of benzene rings is 1. The number of carbonyl (C=O) groups is 4. The van der Waals surface area contributed by atoms with Gasteiger partial charge in [0.05, 0.1) is 11.1 Å².